The van der Waals surface area contributed by atoms with Gasteiger partial charge >= 0.3 is 0 Å². The van der Waals surface area contributed by atoms with Crippen molar-refractivity contribution in [2.24, 2.45) is 0 Å². The van der Waals surface area contributed by atoms with E-state index >= 15 is 0 Å². The Morgan fingerprint density at radius 3 is 2.41 bits per heavy atom. The number of anilines is 1. The average molecular weight is 412 g/mol. The van der Waals surface area contributed by atoms with Crippen molar-refractivity contribution in [1.29, 1.82) is 0 Å². The SMILES string of the molecule is CCN(Cc1ccc(C(=O)N(C)C)cc1)C(=O)CN1C(=O)CSc2ccccc21. The fourth-order valence-corrected chi connectivity index (χ4v) is 4.11. The number of rotatable bonds is 6. The van der Waals surface area contributed by atoms with Gasteiger partial charge in [-0.25, -0.2) is 0 Å². The van der Waals surface area contributed by atoms with Gasteiger partial charge in [-0.15, -0.1) is 11.8 Å². The molecule has 7 heteroatoms. The molecule has 1 aliphatic rings. The summed E-state index contributed by atoms with van der Waals surface area (Å²) in [6.07, 6.45) is 0. The zero-order chi connectivity index (χ0) is 21.0. The highest BCUT2D eigenvalue weighted by molar-refractivity contribution is 8.00. The topological polar surface area (TPSA) is 60.9 Å². The number of hydrogen-bond donors (Lipinski definition) is 0. The lowest BCUT2D eigenvalue weighted by molar-refractivity contribution is -0.131. The van der Waals surface area contributed by atoms with Crippen LogP contribution in [-0.2, 0) is 16.1 Å². The first-order valence-electron chi connectivity index (χ1n) is 9.51. The minimum Gasteiger partial charge on any atom is -0.345 e. The van der Waals surface area contributed by atoms with Crippen LogP contribution in [-0.4, -0.2) is 60.5 Å². The summed E-state index contributed by atoms with van der Waals surface area (Å²) >= 11 is 1.50. The maximum absolute atomic E-state index is 12.9. The van der Waals surface area contributed by atoms with Crippen LogP contribution in [0.3, 0.4) is 0 Å². The number of likely N-dealkylation sites (N-methyl/N-ethyl adjacent to an activating group) is 1. The van der Waals surface area contributed by atoms with Gasteiger partial charge in [-0.05, 0) is 36.8 Å². The monoisotopic (exact) mass is 411 g/mol. The van der Waals surface area contributed by atoms with Gasteiger partial charge < -0.3 is 14.7 Å². The minimum absolute atomic E-state index is 0.0292. The van der Waals surface area contributed by atoms with E-state index in [1.54, 1.807) is 36.0 Å². The highest BCUT2D eigenvalue weighted by atomic mass is 32.2. The largest absolute Gasteiger partial charge is 0.345 e. The lowest BCUT2D eigenvalue weighted by atomic mass is 10.1. The van der Waals surface area contributed by atoms with Crippen LogP contribution < -0.4 is 4.90 Å². The quantitative estimate of drug-likeness (QED) is 0.733. The van der Waals surface area contributed by atoms with Crippen molar-refractivity contribution in [2.45, 2.75) is 18.4 Å². The van der Waals surface area contributed by atoms with E-state index in [1.165, 1.54) is 16.7 Å². The van der Waals surface area contributed by atoms with E-state index in [1.807, 2.05) is 43.3 Å². The molecular weight excluding hydrogens is 386 g/mol. The Balaban J connectivity index is 1.70. The number of para-hydroxylation sites is 1. The molecule has 152 valence electrons. The second-order valence-corrected chi connectivity index (χ2v) is 8.06. The predicted octanol–water partition coefficient (Wildman–Crippen LogP) is 2.88. The van der Waals surface area contributed by atoms with Crippen LogP contribution >= 0.6 is 11.8 Å². The molecule has 1 heterocycles. The zero-order valence-corrected chi connectivity index (χ0v) is 17.7. The van der Waals surface area contributed by atoms with Crippen molar-refractivity contribution in [3.8, 4) is 0 Å². The third kappa shape index (κ3) is 4.79. The summed E-state index contributed by atoms with van der Waals surface area (Å²) < 4.78 is 0. The normalized spacial score (nSPS) is 13.1. The zero-order valence-electron chi connectivity index (χ0n) is 16.9. The van der Waals surface area contributed by atoms with Crippen LogP contribution in [0.5, 0.6) is 0 Å². The maximum atomic E-state index is 12.9. The number of benzene rings is 2. The molecule has 0 aromatic heterocycles. The van der Waals surface area contributed by atoms with Gasteiger partial charge in [-0.2, -0.15) is 0 Å². The van der Waals surface area contributed by atoms with Crippen LogP contribution in [0.25, 0.3) is 0 Å². The Hall–Kier alpha value is -2.80. The number of carbonyl (C=O) groups is 3. The molecule has 0 N–H and O–H groups in total. The third-order valence-corrected chi connectivity index (χ3v) is 5.86. The fraction of sp³-hybridized carbons (Fsp3) is 0.318. The number of amides is 3. The van der Waals surface area contributed by atoms with Crippen LogP contribution in [0.2, 0.25) is 0 Å². The maximum Gasteiger partial charge on any atom is 0.253 e. The molecule has 0 atom stereocenters. The van der Waals surface area contributed by atoms with E-state index in [2.05, 4.69) is 0 Å². The Labute approximate surface area is 175 Å². The number of fused-ring (bicyclic) bond motifs is 1. The second-order valence-electron chi connectivity index (χ2n) is 7.04. The van der Waals surface area contributed by atoms with Crippen LogP contribution in [0.15, 0.2) is 53.4 Å². The lowest BCUT2D eigenvalue weighted by Crippen LogP contribution is -2.44. The molecule has 0 saturated heterocycles. The molecule has 2 aromatic carbocycles. The molecule has 0 spiro atoms. The fourth-order valence-electron chi connectivity index (χ4n) is 3.17. The van der Waals surface area contributed by atoms with E-state index in [9.17, 15) is 14.4 Å². The van der Waals surface area contributed by atoms with Crippen LogP contribution in [0.4, 0.5) is 5.69 Å². The summed E-state index contributed by atoms with van der Waals surface area (Å²) in [6, 6.07) is 14.9. The molecule has 0 fully saturated rings. The Kier molecular flexibility index (Phi) is 6.59. The van der Waals surface area contributed by atoms with Crippen LogP contribution in [0.1, 0.15) is 22.8 Å². The molecule has 0 unspecified atom stereocenters. The molecule has 1 aliphatic heterocycles. The van der Waals surface area contributed by atoms with Gasteiger partial charge in [0.1, 0.15) is 6.54 Å². The van der Waals surface area contributed by atoms with E-state index < -0.39 is 0 Å². The smallest absolute Gasteiger partial charge is 0.253 e. The summed E-state index contributed by atoms with van der Waals surface area (Å²) in [5.41, 5.74) is 2.35. The van der Waals surface area contributed by atoms with Crippen molar-refractivity contribution in [1.82, 2.24) is 9.80 Å². The molecule has 0 radical (unpaired) electrons. The van der Waals surface area contributed by atoms with Crippen molar-refractivity contribution < 1.29 is 14.4 Å². The molecule has 0 aliphatic carbocycles. The summed E-state index contributed by atoms with van der Waals surface area (Å²) in [4.78, 5) is 43.2. The molecule has 3 rings (SSSR count). The Morgan fingerprint density at radius 1 is 1.07 bits per heavy atom. The predicted molar refractivity (Wildman–Crippen MR) is 115 cm³/mol. The van der Waals surface area contributed by atoms with Gasteiger partial charge in [-0.1, -0.05) is 24.3 Å². The highest BCUT2D eigenvalue weighted by Crippen LogP contribution is 2.34. The van der Waals surface area contributed by atoms with Crippen molar-refractivity contribution >= 4 is 35.2 Å². The summed E-state index contributed by atoms with van der Waals surface area (Å²) in [6.45, 7) is 2.92. The Morgan fingerprint density at radius 2 is 1.76 bits per heavy atom. The van der Waals surface area contributed by atoms with E-state index in [0.717, 1.165) is 16.1 Å². The number of hydrogen-bond acceptors (Lipinski definition) is 4. The van der Waals surface area contributed by atoms with Gasteiger partial charge in [0.15, 0.2) is 0 Å². The molecule has 0 saturated carbocycles. The molecule has 6 nitrogen and oxygen atoms in total. The average Bonchev–Trinajstić information content (AvgIpc) is 2.73. The third-order valence-electron chi connectivity index (χ3n) is 4.82. The van der Waals surface area contributed by atoms with Gasteiger partial charge in [0, 0.05) is 37.6 Å². The van der Waals surface area contributed by atoms with Crippen LogP contribution in [0, 0.1) is 0 Å². The molecular formula is C22H25N3O3S. The van der Waals surface area contributed by atoms with Crippen molar-refractivity contribution in [3.05, 3.63) is 59.7 Å². The van der Waals surface area contributed by atoms with E-state index in [4.69, 9.17) is 0 Å². The first kappa shape index (κ1) is 20.9. The van der Waals surface area contributed by atoms with Gasteiger partial charge in [0.05, 0.1) is 11.4 Å². The van der Waals surface area contributed by atoms with Crippen molar-refractivity contribution in [3.63, 3.8) is 0 Å². The highest BCUT2D eigenvalue weighted by Gasteiger charge is 2.27. The first-order valence-corrected chi connectivity index (χ1v) is 10.5. The standard InChI is InChI=1S/C22H25N3O3S/c1-4-24(13-16-9-11-17(12-10-16)22(28)23(2)3)20(26)14-25-18-7-5-6-8-19(18)29-15-21(25)27/h5-12H,4,13-15H2,1-3H3. The van der Waals surface area contributed by atoms with E-state index in [-0.39, 0.29) is 24.3 Å². The number of thioether (sulfide) groups is 1. The lowest BCUT2D eigenvalue weighted by Gasteiger charge is -2.30. The molecule has 0 bridgehead atoms. The number of carbonyl (C=O) groups excluding carboxylic acids is 3. The molecule has 3 amide bonds. The summed E-state index contributed by atoms with van der Waals surface area (Å²) in [7, 11) is 3.43. The molecule has 2 aromatic rings. The van der Waals surface area contributed by atoms with Gasteiger partial charge in [0.25, 0.3) is 5.91 Å². The minimum atomic E-state index is -0.101. The Bertz CT molecular complexity index is 912. The second kappa shape index (κ2) is 9.13. The number of nitrogens with zero attached hydrogens (tertiary/aromatic N) is 3. The summed E-state index contributed by atoms with van der Waals surface area (Å²) in [5, 5.41) is 0. The van der Waals surface area contributed by atoms with Gasteiger partial charge in [-0.3, -0.25) is 14.4 Å². The molecule has 29 heavy (non-hydrogen) atoms. The summed E-state index contributed by atoms with van der Waals surface area (Å²) in [5.74, 6) is 0.137. The van der Waals surface area contributed by atoms with Crippen molar-refractivity contribution in [2.75, 3.05) is 37.8 Å². The first-order chi connectivity index (χ1) is 13.9. The van der Waals surface area contributed by atoms with Gasteiger partial charge in [0.2, 0.25) is 11.8 Å². The van der Waals surface area contributed by atoms with E-state index in [0.29, 0.717) is 24.4 Å².